The summed E-state index contributed by atoms with van der Waals surface area (Å²) in [5.74, 6) is 0.510. The molecule has 1 aliphatic heterocycles. The molecule has 0 bridgehead atoms. The molecule has 0 fully saturated rings. The van der Waals surface area contributed by atoms with Crippen molar-refractivity contribution in [3.05, 3.63) is 29.8 Å². The summed E-state index contributed by atoms with van der Waals surface area (Å²) in [5, 5.41) is 2.78. The van der Waals surface area contributed by atoms with E-state index in [1.807, 2.05) is 32.0 Å². The first-order chi connectivity index (χ1) is 12.1. The Kier molecular flexibility index (Phi) is 7.32. The summed E-state index contributed by atoms with van der Waals surface area (Å²) in [6.07, 6.45) is 5.63. The van der Waals surface area contributed by atoms with Gasteiger partial charge in [0.25, 0.3) is 5.91 Å². The van der Waals surface area contributed by atoms with Crippen LogP contribution in [0.5, 0.6) is 11.5 Å². The highest BCUT2D eigenvalue weighted by Crippen LogP contribution is 2.30. The first kappa shape index (κ1) is 18.8. The van der Waals surface area contributed by atoms with E-state index in [-0.39, 0.29) is 18.6 Å². The van der Waals surface area contributed by atoms with E-state index in [1.54, 1.807) is 6.08 Å². The lowest BCUT2D eigenvalue weighted by Crippen LogP contribution is -2.35. The largest absolute Gasteiger partial charge is 0.490 e. The molecule has 1 amide bonds. The zero-order valence-corrected chi connectivity index (χ0v) is 14.7. The van der Waals surface area contributed by atoms with Crippen LogP contribution in [0.2, 0.25) is 0 Å². The molecule has 1 aromatic carbocycles. The van der Waals surface area contributed by atoms with Crippen LogP contribution in [0.25, 0.3) is 6.08 Å². The number of hydrogen-bond acceptors (Lipinski definition) is 5. The van der Waals surface area contributed by atoms with Crippen molar-refractivity contribution in [3.8, 4) is 11.5 Å². The van der Waals surface area contributed by atoms with E-state index in [4.69, 9.17) is 14.2 Å². The molecule has 25 heavy (non-hydrogen) atoms. The first-order valence-corrected chi connectivity index (χ1v) is 8.62. The molecule has 0 aliphatic carbocycles. The molecule has 1 aliphatic rings. The van der Waals surface area contributed by atoms with E-state index >= 15 is 0 Å². The number of hydrogen-bond donors (Lipinski definition) is 1. The number of benzene rings is 1. The number of fused-ring (bicyclic) bond motifs is 1. The van der Waals surface area contributed by atoms with E-state index in [9.17, 15) is 9.59 Å². The topological polar surface area (TPSA) is 73.9 Å². The van der Waals surface area contributed by atoms with Gasteiger partial charge in [-0.1, -0.05) is 19.4 Å². The molecule has 0 saturated heterocycles. The van der Waals surface area contributed by atoms with E-state index in [2.05, 4.69) is 5.32 Å². The third-order valence-electron chi connectivity index (χ3n) is 3.66. The van der Waals surface area contributed by atoms with Crippen LogP contribution in [0, 0.1) is 0 Å². The monoisotopic (exact) mass is 347 g/mol. The van der Waals surface area contributed by atoms with Crippen molar-refractivity contribution in [2.75, 3.05) is 19.8 Å². The van der Waals surface area contributed by atoms with Gasteiger partial charge >= 0.3 is 5.97 Å². The van der Waals surface area contributed by atoms with Gasteiger partial charge in [-0.25, -0.2) is 4.79 Å². The van der Waals surface area contributed by atoms with Gasteiger partial charge in [-0.05, 0) is 37.1 Å². The van der Waals surface area contributed by atoms with Crippen LogP contribution in [0.3, 0.4) is 0 Å². The third-order valence-corrected chi connectivity index (χ3v) is 3.66. The maximum Gasteiger partial charge on any atom is 0.331 e. The molecule has 0 aromatic heterocycles. The van der Waals surface area contributed by atoms with E-state index in [0.717, 1.165) is 24.8 Å². The molecular formula is C19H25NO5. The van der Waals surface area contributed by atoms with Gasteiger partial charge in [0.05, 0.1) is 13.2 Å². The predicted octanol–water partition coefficient (Wildman–Crippen LogP) is 2.71. The van der Waals surface area contributed by atoms with Gasteiger partial charge in [-0.2, -0.15) is 0 Å². The average Bonchev–Trinajstić information content (AvgIpc) is 2.83. The van der Waals surface area contributed by atoms with E-state index in [0.29, 0.717) is 24.7 Å². The van der Waals surface area contributed by atoms with Gasteiger partial charge in [0, 0.05) is 18.5 Å². The van der Waals surface area contributed by atoms with Crippen LogP contribution >= 0.6 is 0 Å². The lowest BCUT2D eigenvalue weighted by molar-refractivity contribution is -0.144. The average molecular weight is 347 g/mol. The number of nitrogens with one attached hydrogen (secondary N) is 1. The van der Waals surface area contributed by atoms with Gasteiger partial charge in [0.1, 0.15) is 0 Å². The molecular weight excluding hydrogens is 322 g/mol. The van der Waals surface area contributed by atoms with Crippen molar-refractivity contribution < 1.29 is 23.8 Å². The van der Waals surface area contributed by atoms with Crippen molar-refractivity contribution in [2.45, 2.75) is 39.2 Å². The smallest absolute Gasteiger partial charge is 0.331 e. The maximum absolute atomic E-state index is 11.7. The van der Waals surface area contributed by atoms with Crippen LogP contribution in [0.4, 0.5) is 0 Å². The SMILES string of the molecule is CCC[C@@H](C)NC(=O)COC(=O)/C=C/c1ccc2c(c1)OCCCO2. The van der Waals surface area contributed by atoms with E-state index in [1.165, 1.54) is 6.08 Å². The minimum Gasteiger partial charge on any atom is -0.490 e. The zero-order valence-electron chi connectivity index (χ0n) is 14.7. The highest BCUT2D eigenvalue weighted by molar-refractivity contribution is 5.89. The summed E-state index contributed by atoms with van der Waals surface area (Å²) in [4.78, 5) is 23.4. The molecule has 1 N–H and O–H groups in total. The Morgan fingerprint density at radius 3 is 2.80 bits per heavy atom. The van der Waals surface area contributed by atoms with Crippen LogP contribution in [0.15, 0.2) is 24.3 Å². The second-order valence-electron chi connectivity index (χ2n) is 5.95. The Labute approximate surface area is 148 Å². The fraction of sp³-hybridized carbons (Fsp3) is 0.474. The van der Waals surface area contributed by atoms with Gasteiger partial charge in [0.2, 0.25) is 0 Å². The second-order valence-corrected chi connectivity index (χ2v) is 5.95. The number of ether oxygens (including phenoxy) is 3. The maximum atomic E-state index is 11.7. The molecule has 1 atom stereocenters. The summed E-state index contributed by atoms with van der Waals surface area (Å²) >= 11 is 0. The first-order valence-electron chi connectivity index (χ1n) is 8.62. The molecule has 2 rings (SSSR count). The second kappa shape index (κ2) is 9.71. The quantitative estimate of drug-likeness (QED) is 0.606. The summed E-state index contributed by atoms with van der Waals surface area (Å²) in [7, 11) is 0. The Bertz CT molecular complexity index is 626. The fourth-order valence-corrected chi connectivity index (χ4v) is 2.45. The zero-order chi connectivity index (χ0) is 18.1. The van der Waals surface area contributed by atoms with Gasteiger partial charge in [-0.3, -0.25) is 4.79 Å². The van der Waals surface area contributed by atoms with Gasteiger partial charge in [-0.15, -0.1) is 0 Å². The summed E-state index contributed by atoms with van der Waals surface area (Å²) in [6, 6.07) is 5.53. The van der Waals surface area contributed by atoms with Crippen molar-refractivity contribution in [1.82, 2.24) is 5.32 Å². The normalized spacial score (nSPS) is 14.6. The van der Waals surface area contributed by atoms with Crippen molar-refractivity contribution in [2.24, 2.45) is 0 Å². The highest BCUT2D eigenvalue weighted by atomic mass is 16.5. The molecule has 1 heterocycles. The molecule has 6 heteroatoms. The minimum absolute atomic E-state index is 0.0774. The van der Waals surface area contributed by atoms with Crippen molar-refractivity contribution >= 4 is 18.0 Å². The summed E-state index contributed by atoms with van der Waals surface area (Å²) < 4.78 is 16.1. The number of esters is 1. The molecule has 0 spiro atoms. The van der Waals surface area contributed by atoms with Crippen LogP contribution in [-0.2, 0) is 14.3 Å². The van der Waals surface area contributed by atoms with Crippen molar-refractivity contribution in [3.63, 3.8) is 0 Å². The van der Waals surface area contributed by atoms with Crippen molar-refractivity contribution in [1.29, 1.82) is 0 Å². The molecule has 136 valence electrons. The lowest BCUT2D eigenvalue weighted by Gasteiger charge is -2.12. The lowest BCUT2D eigenvalue weighted by atomic mass is 10.2. The highest BCUT2D eigenvalue weighted by Gasteiger charge is 2.11. The fourth-order valence-electron chi connectivity index (χ4n) is 2.45. The van der Waals surface area contributed by atoms with Gasteiger partial charge in [0.15, 0.2) is 18.1 Å². The van der Waals surface area contributed by atoms with Crippen LogP contribution < -0.4 is 14.8 Å². The molecule has 1 aromatic rings. The van der Waals surface area contributed by atoms with Crippen LogP contribution in [0.1, 0.15) is 38.7 Å². The third kappa shape index (κ3) is 6.49. The van der Waals surface area contributed by atoms with Crippen LogP contribution in [-0.4, -0.2) is 37.7 Å². The Morgan fingerprint density at radius 2 is 2.04 bits per heavy atom. The van der Waals surface area contributed by atoms with Gasteiger partial charge < -0.3 is 19.5 Å². The summed E-state index contributed by atoms with van der Waals surface area (Å²) in [6.45, 7) is 4.93. The number of rotatable bonds is 7. The number of carbonyl (C=O) groups is 2. The Hall–Kier alpha value is -2.50. The summed E-state index contributed by atoms with van der Waals surface area (Å²) in [5.41, 5.74) is 0.794. The number of carbonyl (C=O) groups excluding carboxylic acids is 2. The number of amides is 1. The minimum atomic E-state index is -0.564. The predicted molar refractivity (Wildman–Crippen MR) is 94.6 cm³/mol. The standard InChI is InChI=1S/C19H25NO5/c1-3-5-14(2)20-18(21)13-25-19(22)9-7-15-6-8-16-17(12-15)24-11-4-10-23-16/h6-9,12,14H,3-5,10-11,13H2,1-2H3,(H,20,21)/b9-7+/t14-/m1/s1. The Balaban J connectivity index is 1.82. The molecule has 0 radical (unpaired) electrons. The Morgan fingerprint density at radius 1 is 1.28 bits per heavy atom. The molecule has 6 nitrogen and oxygen atoms in total. The molecule has 0 unspecified atom stereocenters. The molecule has 0 saturated carbocycles. The van der Waals surface area contributed by atoms with E-state index < -0.39 is 5.97 Å².